The average molecular weight is 383 g/mol. The van der Waals surface area contributed by atoms with Gasteiger partial charge in [0, 0.05) is 28.2 Å². The minimum Gasteiger partial charge on any atom is -0.376 e. The molecular weight excluding hydrogens is 352 g/mol. The van der Waals surface area contributed by atoms with E-state index in [9.17, 15) is 13.2 Å². The molecule has 1 saturated heterocycles. The first-order valence-corrected chi connectivity index (χ1v) is 10.4. The number of hydrogen-bond donors (Lipinski definition) is 1. The molecule has 1 aliphatic heterocycles. The van der Waals surface area contributed by atoms with Gasteiger partial charge in [-0.3, -0.25) is 9.69 Å². The molecule has 7 nitrogen and oxygen atoms in total. The van der Waals surface area contributed by atoms with Crippen molar-refractivity contribution in [2.24, 2.45) is 0 Å². The molecular formula is C18H30N4O3S. The summed E-state index contributed by atoms with van der Waals surface area (Å²) in [5.41, 5.74) is 1.28. The lowest BCUT2D eigenvalue weighted by atomic mass is 10.2. The summed E-state index contributed by atoms with van der Waals surface area (Å²) in [5, 5.41) is 2.91. The first-order chi connectivity index (χ1) is 12.2. The Kier molecular flexibility index (Phi) is 7.02. The molecule has 1 N–H and O–H groups in total. The Labute approximate surface area is 157 Å². The molecule has 0 atom stereocenters. The van der Waals surface area contributed by atoms with Gasteiger partial charge in [0.2, 0.25) is 15.9 Å². The fraction of sp³-hybridized carbons (Fsp3) is 0.611. The molecule has 2 rings (SSSR count). The van der Waals surface area contributed by atoms with Gasteiger partial charge >= 0.3 is 0 Å². The number of benzene rings is 1. The van der Waals surface area contributed by atoms with Crippen LogP contribution in [0.2, 0.25) is 0 Å². The van der Waals surface area contributed by atoms with Crippen molar-refractivity contribution in [2.45, 2.75) is 30.6 Å². The van der Waals surface area contributed by atoms with Crippen molar-refractivity contribution < 1.29 is 13.2 Å². The summed E-state index contributed by atoms with van der Waals surface area (Å²) in [6, 6.07) is 4.82. The van der Waals surface area contributed by atoms with Crippen LogP contribution in [0, 0.1) is 0 Å². The quantitative estimate of drug-likeness (QED) is 0.812. The third kappa shape index (κ3) is 5.18. The Morgan fingerprint density at radius 3 is 2.23 bits per heavy atom. The highest BCUT2D eigenvalue weighted by atomic mass is 32.2. The minimum atomic E-state index is -3.56. The van der Waals surface area contributed by atoms with Crippen molar-refractivity contribution in [1.29, 1.82) is 0 Å². The smallest absolute Gasteiger partial charge is 0.242 e. The van der Waals surface area contributed by atoms with Gasteiger partial charge in [-0.2, -0.15) is 0 Å². The molecule has 0 radical (unpaired) electrons. The van der Waals surface area contributed by atoms with Crippen LogP contribution in [0.4, 0.5) is 11.4 Å². The van der Waals surface area contributed by atoms with Gasteiger partial charge in [-0.1, -0.05) is 12.8 Å². The highest BCUT2D eigenvalue weighted by Crippen LogP contribution is 2.28. The van der Waals surface area contributed by atoms with E-state index < -0.39 is 10.0 Å². The Bertz CT molecular complexity index is 724. The van der Waals surface area contributed by atoms with E-state index in [0.717, 1.165) is 31.6 Å². The Hall–Kier alpha value is -1.64. The van der Waals surface area contributed by atoms with Gasteiger partial charge in [0.15, 0.2) is 0 Å². The summed E-state index contributed by atoms with van der Waals surface area (Å²) in [6.45, 7) is 2.20. The second kappa shape index (κ2) is 8.83. The Balaban J connectivity index is 2.21. The van der Waals surface area contributed by atoms with E-state index in [4.69, 9.17) is 0 Å². The molecule has 0 spiro atoms. The topological polar surface area (TPSA) is 73.0 Å². The summed E-state index contributed by atoms with van der Waals surface area (Å²) >= 11 is 0. The van der Waals surface area contributed by atoms with E-state index >= 15 is 0 Å². The largest absolute Gasteiger partial charge is 0.376 e. The van der Waals surface area contributed by atoms with Gasteiger partial charge in [0.25, 0.3) is 0 Å². The van der Waals surface area contributed by atoms with Crippen LogP contribution < -0.4 is 10.2 Å². The molecule has 146 valence electrons. The van der Waals surface area contributed by atoms with Crippen LogP contribution in [0.15, 0.2) is 23.1 Å². The molecule has 0 bridgehead atoms. The van der Waals surface area contributed by atoms with Gasteiger partial charge < -0.3 is 10.2 Å². The molecule has 0 saturated carbocycles. The molecule has 1 aromatic rings. The van der Waals surface area contributed by atoms with Crippen molar-refractivity contribution in [3.05, 3.63) is 18.2 Å². The summed E-state index contributed by atoms with van der Waals surface area (Å²) in [7, 11) is 3.15. The number of hydrogen-bond acceptors (Lipinski definition) is 5. The third-order valence-electron chi connectivity index (χ3n) is 4.57. The SMILES string of the molecule is CN(C)c1ccc(S(=O)(=O)N(C)C)cc1NC(=O)CN1CCCCCC1. The first kappa shape index (κ1) is 20.7. The van der Waals surface area contributed by atoms with Crippen molar-refractivity contribution in [2.75, 3.05) is 58.0 Å². The Morgan fingerprint density at radius 1 is 1.08 bits per heavy atom. The lowest BCUT2D eigenvalue weighted by Crippen LogP contribution is -2.34. The normalized spacial score (nSPS) is 16.3. The molecule has 0 aliphatic carbocycles. The van der Waals surface area contributed by atoms with Gasteiger partial charge in [-0.05, 0) is 44.1 Å². The highest BCUT2D eigenvalue weighted by molar-refractivity contribution is 7.89. The number of sulfonamides is 1. The molecule has 0 aromatic heterocycles. The van der Waals surface area contributed by atoms with Crippen LogP contribution in [-0.2, 0) is 14.8 Å². The Morgan fingerprint density at radius 2 is 1.69 bits per heavy atom. The standard InChI is InChI=1S/C18H30N4O3S/c1-20(2)17-10-9-15(26(24,25)21(3)4)13-16(17)19-18(23)14-22-11-7-5-6-8-12-22/h9-10,13H,5-8,11-12,14H2,1-4H3,(H,19,23). The summed E-state index contributed by atoms with van der Waals surface area (Å²) in [4.78, 5) is 16.7. The van der Waals surface area contributed by atoms with E-state index in [1.165, 1.54) is 37.3 Å². The van der Waals surface area contributed by atoms with Gasteiger partial charge in [0.1, 0.15) is 0 Å². The molecule has 26 heavy (non-hydrogen) atoms. The molecule has 1 aromatic carbocycles. The van der Waals surface area contributed by atoms with Gasteiger partial charge in [-0.25, -0.2) is 12.7 Å². The summed E-state index contributed by atoms with van der Waals surface area (Å²) in [5.74, 6) is -0.116. The number of anilines is 2. The third-order valence-corrected chi connectivity index (χ3v) is 6.38. The molecule has 1 amide bonds. The fourth-order valence-corrected chi connectivity index (χ4v) is 3.99. The molecule has 1 heterocycles. The van der Waals surface area contributed by atoms with Gasteiger partial charge in [-0.15, -0.1) is 0 Å². The van der Waals surface area contributed by atoms with Crippen molar-refractivity contribution in [3.8, 4) is 0 Å². The molecule has 8 heteroatoms. The van der Waals surface area contributed by atoms with Crippen molar-refractivity contribution in [3.63, 3.8) is 0 Å². The van der Waals surface area contributed by atoms with Crippen LogP contribution in [0.25, 0.3) is 0 Å². The maximum absolute atomic E-state index is 12.5. The number of carbonyl (C=O) groups excluding carboxylic acids is 1. The van der Waals surface area contributed by atoms with Crippen LogP contribution in [0.1, 0.15) is 25.7 Å². The van der Waals surface area contributed by atoms with E-state index in [0.29, 0.717) is 12.2 Å². The minimum absolute atomic E-state index is 0.116. The zero-order valence-electron chi connectivity index (χ0n) is 16.2. The second-order valence-electron chi connectivity index (χ2n) is 7.10. The number of nitrogens with zero attached hydrogens (tertiary/aromatic N) is 3. The number of rotatable bonds is 6. The zero-order chi connectivity index (χ0) is 19.3. The van der Waals surface area contributed by atoms with E-state index in [-0.39, 0.29) is 10.8 Å². The summed E-state index contributed by atoms with van der Waals surface area (Å²) in [6.07, 6.45) is 4.67. The fourth-order valence-electron chi connectivity index (χ4n) is 3.06. The highest BCUT2D eigenvalue weighted by Gasteiger charge is 2.21. The number of nitrogens with one attached hydrogen (secondary N) is 1. The maximum atomic E-state index is 12.5. The van der Waals surface area contributed by atoms with Crippen LogP contribution in [-0.4, -0.2) is 71.4 Å². The number of carbonyl (C=O) groups is 1. The van der Waals surface area contributed by atoms with Crippen molar-refractivity contribution >= 4 is 27.3 Å². The van der Waals surface area contributed by atoms with E-state index in [1.54, 1.807) is 12.1 Å². The molecule has 1 aliphatic rings. The lowest BCUT2D eigenvalue weighted by Gasteiger charge is -2.22. The molecule has 0 unspecified atom stereocenters. The lowest BCUT2D eigenvalue weighted by molar-refractivity contribution is -0.117. The van der Waals surface area contributed by atoms with Crippen molar-refractivity contribution in [1.82, 2.24) is 9.21 Å². The summed E-state index contributed by atoms with van der Waals surface area (Å²) < 4.78 is 26.0. The van der Waals surface area contributed by atoms with Gasteiger partial charge in [0.05, 0.1) is 22.8 Å². The monoisotopic (exact) mass is 382 g/mol. The average Bonchev–Trinajstić information content (AvgIpc) is 2.82. The van der Waals surface area contributed by atoms with Crippen LogP contribution in [0.3, 0.4) is 0 Å². The first-order valence-electron chi connectivity index (χ1n) is 8.98. The van der Waals surface area contributed by atoms with E-state index in [1.807, 2.05) is 19.0 Å². The molecule has 1 fully saturated rings. The second-order valence-corrected chi connectivity index (χ2v) is 9.25. The predicted octanol–water partition coefficient (Wildman–Crippen LogP) is 1.82. The number of amides is 1. The zero-order valence-corrected chi connectivity index (χ0v) is 17.0. The predicted molar refractivity (Wildman–Crippen MR) is 105 cm³/mol. The maximum Gasteiger partial charge on any atom is 0.242 e. The van der Waals surface area contributed by atoms with E-state index in [2.05, 4.69) is 10.2 Å². The van der Waals surface area contributed by atoms with Crippen LogP contribution >= 0.6 is 0 Å². The number of likely N-dealkylation sites (tertiary alicyclic amines) is 1. The van der Waals surface area contributed by atoms with Crippen LogP contribution in [0.5, 0.6) is 0 Å².